The molecule has 5 unspecified atom stereocenters. The molecule has 0 fully saturated rings. The molecule has 5 atom stereocenters. The van der Waals surface area contributed by atoms with Crippen molar-refractivity contribution >= 4 is 74.1 Å². The van der Waals surface area contributed by atoms with Crippen molar-refractivity contribution in [2.75, 3.05) is 74.2 Å². The van der Waals surface area contributed by atoms with E-state index in [0.717, 1.165) is 59.3 Å². The van der Waals surface area contributed by atoms with Crippen LogP contribution in [0.2, 0.25) is 0 Å². The van der Waals surface area contributed by atoms with Crippen molar-refractivity contribution in [3.8, 4) is 0 Å². The number of nitrogens with two attached hydrogens (primary N) is 1. The van der Waals surface area contributed by atoms with Crippen LogP contribution >= 0.6 is 15.9 Å². The number of amides is 2. The summed E-state index contributed by atoms with van der Waals surface area (Å²) in [5.74, 6) is 1.42. The number of carbonyl (C=O) groups excluding carboxylic acids is 4. The Balaban J connectivity index is -0.00000108. The smallest absolute Gasteiger partial charge is 0.331 e. The number of halogens is 1. The Hall–Kier alpha value is -8.80. The summed E-state index contributed by atoms with van der Waals surface area (Å²) in [6.07, 6.45) is 17.6. The predicted molar refractivity (Wildman–Crippen MR) is 385 cm³/mol. The maximum Gasteiger partial charge on any atom is 0.331 e. The lowest BCUT2D eigenvalue weighted by Gasteiger charge is -2.22. The predicted octanol–water partition coefficient (Wildman–Crippen LogP) is 11.1. The first kappa shape index (κ1) is 95.4. The van der Waals surface area contributed by atoms with Crippen molar-refractivity contribution in [3.63, 3.8) is 0 Å². The fourth-order valence-corrected chi connectivity index (χ4v) is 7.01. The van der Waals surface area contributed by atoms with Gasteiger partial charge in [0.15, 0.2) is 0 Å². The number of likely N-dealkylation sites (N-methyl/N-ethyl adjacent to an activating group) is 2. The first-order valence-corrected chi connectivity index (χ1v) is 33.4. The number of nitro groups is 4. The number of esters is 2. The van der Waals surface area contributed by atoms with Crippen molar-refractivity contribution in [2.45, 2.75) is 197 Å². The third kappa shape index (κ3) is 45.0. The third-order valence-corrected chi connectivity index (χ3v) is 13.5. The first-order valence-electron chi connectivity index (χ1n) is 32.5. The second-order valence-corrected chi connectivity index (χ2v) is 28.7. The fourth-order valence-electron chi connectivity index (χ4n) is 6.91. The van der Waals surface area contributed by atoms with Gasteiger partial charge in [0, 0.05) is 34.4 Å². The normalized spacial score (nSPS) is 12.4. The lowest BCUT2D eigenvalue weighted by Crippen LogP contribution is -2.30. The van der Waals surface area contributed by atoms with E-state index in [0.29, 0.717) is 5.69 Å². The molecule has 0 saturated carbocycles. The summed E-state index contributed by atoms with van der Waals surface area (Å²) in [5, 5.41) is 70.2. The van der Waals surface area contributed by atoms with Crippen molar-refractivity contribution < 1.29 is 58.2 Å². The number of alkyl halides is 1. The molecule has 5 heterocycles. The van der Waals surface area contributed by atoms with E-state index in [-0.39, 0.29) is 57.0 Å². The molecule has 0 aromatic carbocycles. The molecule has 2 amide bonds. The average molecular weight is 1490 g/mol. The highest BCUT2D eigenvalue weighted by Crippen LogP contribution is 2.19. The van der Waals surface area contributed by atoms with Crippen LogP contribution in [0.15, 0.2) is 62.0 Å². The van der Waals surface area contributed by atoms with Crippen LogP contribution in [0, 0.1) is 64.1 Å². The van der Waals surface area contributed by atoms with Gasteiger partial charge in [0.1, 0.15) is 83.6 Å². The quantitative estimate of drug-likeness (QED) is 0.0211. The summed E-state index contributed by atoms with van der Waals surface area (Å²) < 4.78 is 15.2. The highest BCUT2D eigenvalue weighted by Gasteiger charge is 2.26. The van der Waals surface area contributed by atoms with Gasteiger partial charge >= 0.3 is 40.7 Å². The minimum Gasteiger partial charge on any atom is -0.480 e. The van der Waals surface area contributed by atoms with Crippen LogP contribution in [0.1, 0.15) is 181 Å². The number of nitrogen functional groups attached to an aromatic ring is 1. The highest BCUT2D eigenvalue weighted by molar-refractivity contribution is 9.10. The molecule has 5 aromatic heterocycles. The zero-order valence-corrected chi connectivity index (χ0v) is 64.8. The van der Waals surface area contributed by atoms with E-state index in [2.05, 4.69) is 126 Å². The Morgan fingerprint density at radius 2 is 0.780 bits per heavy atom. The molecule has 0 saturated heterocycles. The highest BCUT2D eigenvalue weighted by atomic mass is 79.9. The van der Waals surface area contributed by atoms with E-state index in [1.807, 2.05) is 20.8 Å². The molecule has 568 valence electrons. The molecular weight excluding hydrogens is 1370 g/mol. The number of aromatic nitrogens is 10. The van der Waals surface area contributed by atoms with E-state index in [9.17, 15) is 64.4 Å². The number of anilines is 1. The van der Waals surface area contributed by atoms with Crippen LogP contribution in [0.5, 0.6) is 0 Å². The second-order valence-electron chi connectivity index (χ2n) is 27.3. The topological polar surface area (TPSA) is 436 Å². The molecule has 5 rings (SSSR count). The fraction of sp³-hybridized carbons (Fsp3) is 0.688. The Morgan fingerprint density at radius 1 is 0.490 bits per heavy atom. The number of ether oxygens (including phenoxy) is 2. The number of carboxylic acid groups (broad SMARTS) is 1. The maximum atomic E-state index is 11.7. The maximum absolute atomic E-state index is 11.7. The number of carboxylic acids is 1. The van der Waals surface area contributed by atoms with Crippen molar-refractivity contribution in [2.24, 2.45) is 23.7 Å². The number of nitrogens with one attached hydrogen (secondary N) is 1. The lowest BCUT2D eigenvalue weighted by atomic mass is 10.1. The SMILES string of the molecule is CC(Br)C(=O)OC(C)(C)C.CC(C(=O)N(C)C)n1cc(N)cn1.CC(C(=O)N(C)C)n1cc([N+](=O)[O-])cn1.CC(C(=O)O)n1cc([N+](=O)[O-])cn1.CC(C(=O)OC(C)(C)C)n1cc([N+](=O)[O-])cn1.CC(C)CCN(C)CCC(C)C.CC(C)CCN(C)CCC(C)C.O=[N+]([O-])c1cn[nH]c1. The van der Waals surface area contributed by atoms with E-state index >= 15 is 0 Å². The zero-order valence-electron chi connectivity index (χ0n) is 63.3. The zero-order chi connectivity index (χ0) is 78.3. The van der Waals surface area contributed by atoms with Gasteiger partial charge in [0.25, 0.3) is 0 Å². The molecular formula is C64H114BrN19O16. The van der Waals surface area contributed by atoms with Crippen LogP contribution in [0.4, 0.5) is 28.4 Å². The minimum atomic E-state index is -1.09. The van der Waals surface area contributed by atoms with Crippen LogP contribution in [0.3, 0.4) is 0 Å². The van der Waals surface area contributed by atoms with Crippen molar-refractivity contribution in [1.82, 2.24) is 68.9 Å². The Morgan fingerprint density at radius 3 is 0.990 bits per heavy atom. The van der Waals surface area contributed by atoms with E-state index in [1.54, 1.807) is 87.5 Å². The van der Waals surface area contributed by atoms with E-state index < -0.39 is 55.4 Å². The summed E-state index contributed by atoms with van der Waals surface area (Å²) in [4.78, 5) is 102. The Kier molecular flexibility index (Phi) is 45.8. The van der Waals surface area contributed by atoms with Gasteiger partial charge in [-0.15, -0.1) is 0 Å². The van der Waals surface area contributed by atoms with Gasteiger partial charge in [-0.3, -0.25) is 78.7 Å². The molecule has 35 nitrogen and oxygen atoms in total. The Labute approximate surface area is 596 Å². The van der Waals surface area contributed by atoms with Crippen LogP contribution in [-0.4, -0.2) is 208 Å². The average Bonchev–Trinajstić information content (AvgIpc) is 1.73. The number of hydrogen-bond acceptors (Lipinski definition) is 23. The number of hydrogen-bond donors (Lipinski definition) is 3. The van der Waals surface area contributed by atoms with Gasteiger partial charge in [0.2, 0.25) is 11.8 Å². The molecule has 0 aliphatic carbocycles. The first-order chi connectivity index (χ1) is 45.8. The van der Waals surface area contributed by atoms with Gasteiger partial charge in [-0.05, 0) is 166 Å². The molecule has 0 spiro atoms. The lowest BCUT2D eigenvalue weighted by molar-refractivity contribution is -0.385. The van der Waals surface area contributed by atoms with Crippen molar-refractivity contribution in [3.05, 3.63) is 102 Å². The summed E-state index contributed by atoms with van der Waals surface area (Å²) >= 11 is 3.12. The second kappa shape index (κ2) is 48.1. The third-order valence-electron chi connectivity index (χ3n) is 13.1. The molecule has 0 aliphatic rings. The number of nitrogens with zero attached hydrogens (tertiary/aromatic N) is 17. The summed E-state index contributed by atoms with van der Waals surface area (Å²) in [6, 6.07) is -2.42. The van der Waals surface area contributed by atoms with Crippen LogP contribution < -0.4 is 5.73 Å². The summed E-state index contributed by atoms with van der Waals surface area (Å²) in [5.41, 5.74) is 4.59. The van der Waals surface area contributed by atoms with Crippen molar-refractivity contribution in [1.29, 1.82) is 0 Å². The Bertz CT molecular complexity index is 3130. The monoisotopic (exact) mass is 1480 g/mol. The molecule has 0 aliphatic heterocycles. The summed E-state index contributed by atoms with van der Waals surface area (Å²) in [7, 11) is 11.1. The number of aliphatic carboxylic acids is 1. The van der Waals surface area contributed by atoms with Gasteiger partial charge < -0.3 is 39.9 Å². The number of rotatable bonds is 25. The summed E-state index contributed by atoms with van der Waals surface area (Å²) in [6.45, 7) is 42.3. The van der Waals surface area contributed by atoms with Gasteiger partial charge in [-0.2, -0.15) is 25.5 Å². The van der Waals surface area contributed by atoms with E-state index in [4.69, 9.17) is 20.3 Å². The van der Waals surface area contributed by atoms with E-state index in [1.165, 1.54) is 103 Å². The molecule has 100 heavy (non-hydrogen) atoms. The minimum absolute atomic E-state index is 0.00287. The van der Waals surface area contributed by atoms with Crippen LogP contribution in [0.25, 0.3) is 0 Å². The molecule has 36 heteroatoms. The van der Waals surface area contributed by atoms with Gasteiger partial charge in [-0.1, -0.05) is 71.3 Å². The largest absolute Gasteiger partial charge is 0.480 e. The molecule has 5 aromatic rings. The number of carbonyl (C=O) groups is 5. The number of aromatic amines is 1. The number of H-pyrrole nitrogens is 1. The van der Waals surface area contributed by atoms with Gasteiger partial charge in [-0.25, -0.2) is 9.59 Å². The molecule has 0 bridgehead atoms. The van der Waals surface area contributed by atoms with Gasteiger partial charge in [0.05, 0.1) is 37.8 Å². The standard InChI is InChI=1S/2C11H25N.C10H15N3O4.C8H12N4O3.C8H14N4O.C7H13BrO2.C6H7N3O4.C3H3N3O2/c2*1-10(2)6-8-12(5)9-7-11(3)4;1-7(9(14)17-10(2,3)4)12-6-8(5-11-12)13(15)16;1-6(8(13)10(2)3)11-5-7(4-9-11)12(14)15;1-6(8(13)11(2)3)12-5-7(9)4-10-12;1-5(8)6(9)10-7(2,3)4;1-4(6(10)11)8-3-5(2-7-8)9(12)13;7-6(8)3-1-4-5-2-3/h2*10-11H,6-9H2,1-5H3;5-7H,1-4H3;4-6H,1-3H3;4-6H,9H2,1-3H3;5H,1-4H3;2-4H,1H3,(H,10,11);1-2H,(H,4,5). The molecule has 0 radical (unpaired) electrons. The molecule has 4 N–H and O–H groups in total. The van der Waals surface area contributed by atoms with Crippen LogP contribution in [-0.2, 0) is 33.4 Å².